The summed E-state index contributed by atoms with van der Waals surface area (Å²) >= 11 is 0. The SMILES string of the molecule is CCCNC(COCCC)c1ccc(OC)c(OC)c1. The third-order valence-corrected chi connectivity index (χ3v) is 3.08. The number of methoxy groups -OCH3 is 2. The van der Waals surface area contributed by atoms with Crippen LogP contribution in [0, 0.1) is 0 Å². The minimum atomic E-state index is 0.182. The lowest BCUT2D eigenvalue weighted by atomic mass is 10.1. The molecule has 1 N–H and O–H groups in total. The van der Waals surface area contributed by atoms with Crippen LogP contribution in [0.3, 0.4) is 0 Å². The van der Waals surface area contributed by atoms with Crippen molar-refractivity contribution in [3.8, 4) is 11.5 Å². The molecule has 20 heavy (non-hydrogen) atoms. The molecule has 114 valence electrons. The quantitative estimate of drug-likeness (QED) is 0.669. The maximum atomic E-state index is 5.69. The van der Waals surface area contributed by atoms with Crippen LogP contribution in [0.5, 0.6) is 11.5 Å². The third kappa shape index (κ3) is 5.02. The zero-order chi connectivity index (χ0) is 14.8. The molecule has 0 aliphatic carbocycles. The average Bonchev–Trinajstić information content (AvgIpc) is 2.50. The molecule has 0 radical (unpaired) electrons. The standard InChI is InChI=1S/C16H27NO3/c1-5-9-17-14(12-20-10-6-2)13-7-8-15(18-3)16(11-13)19-4/h7-8,11,14,17H,5-6,9-10,12H2,1-4H3. The molecular formula is C16H27NO3. The summed E-state index contributed by atoms with van der Waals surface area (Å²) in [6, 6.07) is 6.20. The number of nitrogens with one attached hydrogen (secondary N) is 1. The molecule has 0 saturated heterocycles. The molecule has 0 amide bonds. The molecule has 0 aliphatic rings. The van der Waals surface area contributed by atoms with Gasteiger partial charge in [-0.15, -0.1) is 0 Å². The fraction of sp³-hybridized carbons (Fsp3) is 0.625. The fourth-order valence-corrected chi connectivity index (χ4v) is 2.01. The summed E-state index contributed by atoms with van der Waals surface area (Å²) in [5.41, 5.74) is 1.16. The molecule has 0 heterocycles. The highest BCUT2D eigenvalue weighted by molar-refractivity contribution is 5.43. The van der Waals surface area contributed by atoms with Gasteiger partial charge in [-0.3, -0.25) is 0 Å². The summed E-state index contributed by atoms with van der Waals surface area (Å²) in [6.07, 6.45) is 2.13. The van der Waals surface area contributed by atoms with Crippen LogP contribution in [0.1, 0.15) is 38.3 Å². The molecule has 1 unspecified atom stereocenters. The lowest BCUT2D eigenvalue weighted by Crippen LogP contribution is -2.26. The number of ether oxygens (including phenoxy) is 3. The van der Waals surface area contributed by atoms with Gasteiger partial charge < -0.3 is 19.5 Å². The van der Waals surface area contributed by atoms with Crippen molar-refractivity contribution in [2.24, 2.45) is 0 Å². The van der Waals surface area contributed by atoms with Crippen molar-refractivity contribution < 1.29 is 14.2 Å². The predicted octanol–water partition coefficient (Wildman–Crippen LogP) is 3.17. The summed E-state index contributed by atoms with van der Waals surface area (Å²) in [7, 11) is 3.30. The highest BCUT2D eigenvalue weighted by Crippen LogP contribution is 2.30. The fourth-order valence-electron chi connectivity index (χ4n) is 2.01. The summed E-state index contributed by atoms with van der Waals surface area (Å²) in [4.78, 5) is 0. The van der Waals surface area contributed by atoms with E-state index in [2.05, 4.69) is 25.2 Å². The average molecular weight is 281 g/mol. The Morgan fingerprint density at radius 2 is 1.80 bits per heavy atom. The van der Waals surface area contributed by atoms with Gasteiger partial charge in [0.15, 0.2) is 11.5 Å². The van der Waals surface area contributed by atoms with Gasteiger partial charge in [-0.05, 0) is 37.1 Å². The van der Waals surface area contributed by atoms with E-state index in [1.165, 1.54) is 0 Å². The third-order valence-electron chi connectivity index (χ3n) is 3.08. The highest BCUT2D eigenvalue weighted by Gasteiger charge is 2.14. The minimum absolute atomic E-state index is 0.182. The Bertz CT molecular complexity index is 382. The lowest BCUT2D eigenvalue weighted by Gasteiger charge is -2.20. The van der Waals surface area contributed by atoms with Crippen molar-refractivity contribution in [1.29, 1.82) is 0 Å². The van der Waals surface area contributed by atoms with Crippen LogP contribution < -0.4 is 14.8 Å². The first-order valence-corrected chi connectivity index (χ1v) is 7.29. The van der Waals surface area contributed by atoms with E-state index in [1.54, 1.807) is 14.2 Å². The number of hydrogen-bond donors (Lipinski definition) is 1. The van der Waals surface area contributed by atoms with E-state index >= 15 is 0 Å². The van der Waals surface area contributed by atoms with E-state index < -0.39 is 0 Å². The zero-order valence-electron chi connectivity index (χ0n) is 13.1. The Hall–Kier alpha value is -1.26. The van der Waals surface area contributed by atoms with Crippen LogP contribution in [0.25, 0.3) is 0 Å². The van der Waals surface area contributed by atoms with Crippen LogP contribution in [0.4, 0.5) is 0 Å². The molecule has 1 rings (SSSR count). The van der Waals surface area contributed by atoms with Gasteiger partial charge in [0.2, 0.25) is 0 Å². The largest absolute Gasteiger partial charge is 0.493 e. The van der Waals surface area contributed by atoms with Crippen LogP contribution in [-0.2, 0) is 4.74 Å². The Balaban J connectivity index is 2.82. The Morgan fingerprint density at radius 1 is 1.05 bits per heavy atom. The Kier molecular flexibility index (Phi) is 8.07. The van der Waals surface area contributed by atoms with Gasteiger partial charge >= 0.3 is 0 Å². The smallest absolute Gasteiger partial charge is 0.161 e. The monoisotopic (exact) mass is 281 g/mol. The Morgan fingerprint density at radius 3 is 2.40 bits per heavy atom. The van der Waals surface area contributed by atoms with Crippen molar-refractivity contribution >= 4 is 0 Å². The van der Waals surface area contributed by atoms with Crippen molar-refractivity contribution in [3.05, 3.63) is 23.8 Å². The summed E-state index contributed by atoms with van der Waals surface area (Å²) in [6.45, 7) is 6.70. The van der Waals surface area contributed by atoms with Gasteiger partial charge in [-0.25, -0.2) is 0 Å². The summed E-state index contributed by atoms with van der Waals surface area (Å²) in [5, 5.41) is 3.51. The van der Waals surface area contributed by atoms with Crippen molar-refractivity contribution in [2.45, 2.75) is 32.7 Å². The van der Waals surface area contributed by atoms with Crippen LogP contribution in [-0.4, -0.2) is 34.0 Å². The molecule has 0 saturated carbocycles. The first-order valence-electron chi connectivity index (χ1n) is 7.29. The van der Waals surface area contributed by atoms with Gasteiger partial charge in [-0.2, -0.15) is 0 Å². The van der Waals surface area contributed by atoms with Crippen LogP contribution in [0.2, 0.25) is 0 Å². The molecular weight excluding hydrogens is 254 g/mol. The maximum absolute atomic E-state index is 5.69. The zero-order valence-corrected chi connectivity index (χ0v) is 13.1. The molecule has 1 aromatic rings. The molecule has 1 aromatic carbocycles. The van der Waals surface area contributed by atoms with Gasteiger partial charge in [0.05, 0.1) is 26.9 Å². The Labute approximate surface area is 122 Å². The van der Waals surface area contributed by atoms with Gasteiger partial charge in [0.1, 0.15) is 0 Å². The summed E-state index contributed by atoms with van der Waals surface area (Å²) < 4.78 is 16.3. The molecule has 0 spiro atoms. The topological polar surface area (TPSA) is 39.7 Å². The molecule has 0 aliphatic heterocycles. The van der Waals surface area contributed by atoms with E-state index in [9.17, 15) is 0 Å². The van der Waals surface area contributed by atoms with Crippen LogP contribution in [0.15, 0.2) is 18.2 Å². The van der Waals surface area contributed by atoms with E-state index in [1.807, 2.05) is 12.1 Å². The molecule has 0 aromatic heterocycles. The summed E-state index contributed by atoms with van der Waals surface area (Å²) in [5.74, 6) is 1.50. The first kappa shape index (κ1) is 16.8. The van der Waals surface area contributed by atoms with E-state index in [0.29, 0.717) is 6.61 Å². The highest BCUT2D eigenvalue weighted by atomic mass is 16.5. The van der Waals surface area contributed by atoms with Crippen LogP contribution >= 0.6 is 0 Å². The van der Waals surface area contributed by atoms with Gasteiger partial charge in [-0.1, -0.05) is 19.9 Å². The van der Waals surface area contributed by atoms with Crippen molar-refractivity contribution in [3.63, 3.8) is 0 Å². The van der Waals surface area contributed by atoms with Crippen molar-refractivity contribution in [2.75, 3.05) is 34.0 Å². The molecule has 0 fully saturated rings. The van der Waals surface area contributed by atoms with E-state index in [-0.39, 0.29) is 6.04 Å². The van der Waals surface area contributed by atoms with Crippen molar-refractivity contribution in [1.82, 2.24) is 5.32 Å². The normalized spacial score (nSPS) is 12.2. The number of hydrogen-bond acceptors (Lipinski definition) is 4. The molecule has 1 atom stereocenters. The minimum Gasteiger partial charge on any atom is -0.493 e. The lowest BCUT2D eigenvalue weighted by molar-refractivity contribution is 0.112. The predicted molar refractivity (Wildman–Crippen MR) is 81.7 cm³/mol. The second-order valence-electron chi connectivity index (χ2n) is 4.70. The van der Waals surface area contributed by atoms with Gasteiger partial charge in [0, 0.05) is 6.61 Å². The van der Waals surface area contributed by atoms with E-state index in [0.717, 1.165) is 43.1 Å². The second-order valence-corrected chi connectivity index (χ2v) is 4.70. The molecule has 0 bridgehead atoms. The molecule has 4 heteroatoms. The maximum Gasteiger partial charge on any atom is 0.161 e. The first-order chi connectivity index (χ1) is 9.76. The van der Waals surface area contributed by atoms with E-state index in [4.69, 9.17) is 14.2 Å². The van der Waals surface area contributed by atoms with Gasteiger partial charge in [0.25, 0.3) is 0 Å². The second kappa shape index (κ2) is 9.61. The number of benzene rings is 1. The number of rotatable bonds is 10. The molecule has 4 nitrogen and oxygen atoms in total.